The van der Waals surface area contributed by atoms with Gasteiger partial charge in [0.2, 0.25) is 0 Å². The van der Waals surface area contributed by atoms with Gasteiger partial charge in [-0.1, -0.05) is 13.8 Å². The van der Waals surface area contributed by atoms with E-state index in [0.717, 1.165) is 55.3 Å². The van der Waals surface area contributed by atoms with Crippen LogP contribution >= 0.6 is 0 Å². The molecule has 24 heavy (non-hydrogen) atoms. The number of aliphatic hydroxyl groups is 1. The van der Waals surface area contributed by atoms with Gasteiger partial charge in [0.15, 0.2) is 0 Å². The minimum atomic E-state index is -0.424. The zero-order valence-electron chi connectivity index (χ0n) is 15.7. The van der Waals surface area contributed by atoms with Crippen molar-refractivity contribution >= 4 is 5.78 Å². The van der Waals surface area contributed by atoms with E-state index in [9.17, 15) is 9.90 Å². The molecule has 1 unspecified atom stereocenters. The van der Waals surface area contributed by atoms with Gasteiger partial charge < -0.3 is 5.11 Å². The normalized spacial score (nSPS) is 62.1. The van der Waals surface area contributed by atoms with Crippen LogP contribution in [0.15, 0.2) is 0 Å². The number of rotatable bonds is 0. The summed E-state index contributed by atoms with van der Waals surface area (Å²) in [6.07, 6.45) is 10.5. The summed E-state index contributed by atoms with van der Waals surface area (Å²) < 4.78 is 0. The molecule has 0 bridgehead atoms. The minimum Gasteiger partial charge on any atom is -0.390 e. The average Bonchev–Trinajstić information content (AvgIpc) is 3.07. The van der Waals surface area contributed by atoms with Crippen LogP contribution in [0, 0.1) is 46.3 Å². The maximum absolute atomic E-state index is 12.9. The quantitative estimate of drug-likeness (QED) is 0.705. The van der Waals surface area contributed by atoms with Crippen LogP contribution in [0.3, 0.4) is 0 Å². The highest BCUT2D eigenvalue weighted by molar-refractivity contribution is 5.89. The molecule has 9 atom stereocenters. The van der Waals surface area contributed by atoms with Crippen LogP contribution in [0.25, 0.3) is 0 Å². The molecule has 0 saturated heterocycles. The predicted molar refractivity (Wildman–Crippen MR) is 94.3 cm³/mol. The second kappa shape index (κ2) is 4.67. The number of fused-ring (bicyclic) bond motifs is 6. The van der Waals surface area contributed by atoms with Crippen LogP contribution < -0.4 is 0 Å². The highest BCUT2D eigenvalue weighted by Crippen LogP contribution is 2.75. The number of carbonyl (C=O) groups is 1. The number of hydrogen-bond acceptors (Lipinski definition) is 2. The molecule has 5 rings (SSSR count). The molecule has 0 aromatic rings. The maximum Gasteiger partial charge on any atom is 0.139 e. The minimum absolute atomic E-state index is 0.00107. The number of Topliss-reactive ketones (excluding diaryl/α,β-unsaturated/α-hetero) is 1. The number of hydrogen-bond donors (Lipinski definition) is 1. The molecule has 0 aromatic carbocycles. The van der Waals surface area contributed by atoms with Crippen molar-refractivity contribution in [2.45, 2.75) is 84.2 Å². The summed E-state index contributed by atoms with van der Waals surface area (Å²) >= 11 is 0. The van der Waals surface area contributed by atoms with E-state index in [2.05, 4.69) is 13.8 Å². The third-order valence-corrected chi connectivity index (χ3v) is 9.66. The molecule has 2 heteroatoms. The van der Waals surface area contributed by atoms with Crippen LogP contribution in [0.5, 0.6) is 0 Å². The second-order valence-electron chi connectivity index (χ2n) is 10.9. The van der Waals surface area contributed by atoms with E-state index in [1.807, 2.05) is 6.92 Å². The van der Waals surface area contributed by atoms with Gasteiger partial charge >= 0.3 is 0 Å². The van der Waals surface area contributed by atoms with Gasteiger partial charge in [-0.2, -0.15) is 0 Å². The third kappa shape index (κ3) is 1.90. The van der Waals surface area contributed by atoms with Gasteiger partial charge in [-0.05, 0) is 99.2 Å². The summed E-state index contributed by atoms with van der Waals surface area (Å²) in [4.78, 5) is 12.9. The van der Waals surface area contributed by atoms with Crippen molar-refractivity contribution < 1.29 is 9.90 Å². The van der Waals surface area contributed by atoms with Crippen LogP contribution in [0.2, 0.25) is 0 Å². The first-order chi connectivity index (χ1) is 11.3. The van der Waals surface area contributed by atoms with Crippen LogP contribution in [0.1, 0.15) is 78.6 Å². The molecular formula is C22H34O2. The Kier molecular flexibility index (Phi) is 3.08. The first-order valence-corrected chi connectivity index (χ1v) is 10.5. The molecule has 5 aliphatic carbocycles. The average molecular weight is 331 g/mol. The predicted octanol–water partition coefficient (Wildman–Crippen LogP) is 4.60. The summed E-state index contributed by atoms with van der Waals surface area (Å²) in [5.74, 6) is 5.26. The fraction of sp³-hybridized carbons (Fsp3) is 0.955. The Morgan fingerprint density at radius 3 is 2.38 bits per heavy atom. The van der Waals surface area contributed by atoms with Gasteiger partial charge in [-0.25, -0.2) is 0 Å². The SMILES string of the molecule is C[C@@H]1CC12CC(=O)[C@@]1(C)CC[C@H]3[C@@H](CC[C@@H]4C[C@](C)(O)CC[C@@H]43)[C@H]21. The molecular weight excluding hydrogens is 296 g/mol. The molecule has 0 radical (unpaired) electrons. The maximum atomic E-state index is 12.9. The monoisotopic (exact) mass is 330 g/mol. The zero-order chi connectivity index (χ0) is 16.9. The summed E-state index contributed by atoms with van der Waals surface area (Å²) in [6.45, 7) is 6.77. The van der Waals surface area contributed by atoms with Crippen molar-refractivity contribution in [3.63, 3.8) is 0 Å². The van der Waals surface area contributed by atoms with Crippen molar-refractivity contribution in [1.29, 1.82) is 0 Å². The molecule has 0 amide bonds. The first-order valence-electron chi connectivity index (χ1n) is 10.5. The number of ketones is 1. The van der Waals surface area contributed by atoms with Crippen LogP contribution in [0.4, 0.5) is 0 Å². The topological polar surface area (TPSA) is 37.3 Å². The van der Waals surface area contributed by atoms with E-state index in [-0.39, 0.29) is 5.41 Å². The van der Waals surface area contributed by atoms with Gasteiger partial charge in [0, 0.05) is 11.8 Å². The summed E-state index contributed by atoms with van der Waals surface area (Å²) in [5.41, 5.74) is -0.0339. The molecule has 1 spiro atoms. The number of carbonyl (C=O) groups excluding carboxylic acids is 1. The highest BCUT2D eigenvalue weighted by atomic mass is 16.3. The van der Waals surface area contributed by atoms with E-state index in [0.29, 0.717) is 17.1 Å². The van der Waals surface area contributed by atoms with Gasteiger partial charge in [-0.15, -0.1) is 0 Å². The van der Waals surface area contributed by atoms with Crippen molar-refractivity contribution in [2.24, 2.45) is 46.3 Å². The van der Waals surface area contributed by atoms with Crippen molar-refractivity contribution in [3.8, 4) is 0 Å². The zero-order valence-corrected chi connectivity index (χ0v) is 15.7. The summed E-state index contributed by atoms with van der Waals surface area (Å²) in [5, 5.41) is 10.5. The van der Waals surface area contributed by atoms with Crippen LogP contribution in [-0.4, -0.2) is 16.5 Å². The fourth-order valence-corrected chi connectivity index (χ4v) is 8.46. The lowest BCUT2D eigenvalue weighted by Gasteiger charge is -2.56. The largest absolute Gasteiger partial charge is 0.390 e. The summed E-state index contributed by atoms with van der Waals surface area (Å²) in [7, 11) is 0. The smallest absolute Gasteiger partial charge is 0.139 e. The van der Waals surface area contributed by atoms with Gasteiger partial charge in [0.1, 0.15) is 5.78 Å². The Hall–Kier alpha value is -0.370. The van der Waals surface area contributed by atoms with Gasteiger partial charge in [0.05, 0.1) is 5.60 Å². The molecule has 5 aliphatic rings. The molecule has 2 nitrogen and oxygen atoms in total. The van der Waals surface area contributed by atoms with Crippen molar-refractivity contribution in [1.82, 2.24) is 0 Å². The standard InChI is InChI=1S/C22H34O2/c1-13-10-22(13)12-18(23)21(3)9-7-16-15-6-8-20(2,24)11-14(15)4-5-17(16)19(21)22/h13-17,19,24H,4-12H2,1-3H3/t13-,14-,15+,16-,17-,19+,20-,21-,22?/m1/s1. The van der Waals surface area contributed by atoms with Gasteiger partial charge in [0.25, 0.3) is 0 Å². The van der Waals surface area contributed by atoms with E-state index >= 15 is 0 Å². The van der Waals surface area contributed by atoms with E-state index in [4.69, 9.17) is 0 Å². The Labute approximate surface area is 146 Å². The van der Waals surface area contributed by atoms with E-state index in [1.54, 1.807) is 0 Å². The first kappa shape index (κ1) is 15.9. The third-order valence-electron chi connectivity index (χ3n) is 9.66. The Morgan fingerprint density at radius 1 is 0.958 bits per heavy atom. The highest BCUT2D eigenvalue weighted by Gasteiger charge is 2.72. The molecule has 5 saturated carbocycles. The summed E-state index contributed by atoms with van der Waals surface area (Å²) in [6, 6.07) is 0. The second-order valence-corrected chi connectivity index (χ2v) is 10.9. The lowest BCUT2D eigenvalue weighted by Crippen LogP contribution is -2.52. The van der Waals surface area contributed by atoms with E-state index in [1.165, 1.54) is 32.1 Å². The lowest BCUT2D eigenvalue weighted by molar-refractivity contribution is -0.136. The Bertz CT molecular complexity index is 581. The molecule has 0 aromatic heterocycles. The van der Waals surface area contributed by atoms with Crippen molar-refractivity contribution in [2.75, 3.05) is 0 Å². The van der Waals surface area contributed by atoms with Crippen LogP contribution in [-0.2, 0) is 4.79 Å². The molecule has 0 heterocycles. The van der Waals surface area contributed by atoms with Crippen molar-refractivity contribution in [3.05, 3.63) is 0 Å². The fourth-order valence-electron chi connectivity index (χ4n) is 8.46. The molecule has 0 aliphatic heterocycles. The van der Waals surface area contributed by atoms with E-state index < -0.39 is 5.60 Å². The van der Waals surface area contributed by atoms with Gasteiger partial charge in [-0.3, -0.25) is 4.79 Å². The lowest BCUT2D eigenvalue weighted by atomic mass is 9.48. The Morgan fingerprint density at radius 2 is 1.67 bits per heavy atom. The molecule has 1 N–H and O–H groups in total. The Balaban J connectivity index is 1.47. The molecule has 134 valence electrons. The molecule has 5 fully saturated rings.